The third-order valence-electron chi connectivity index (χ3n) is 2.76. The molecule has 0 bridgehead atoms. The molecule has 0 unspecified atom stereocenters. The van der Waals surface area contributed by atoms with Gasteiger partial charge in [0.15, 0.2) is 5.82 Å². The Morgan fingerprint density at radius 2 is 2.18 bits per heavy atom. The molecule has 1 fully saturated rings. The summed E-state index contributed by atoms with van der Waals surface area (Å²) in [4.78, 5) is 14.8. The minimum Gasteiger partial charge on any atom is -0.542 e. The predicted octanol–water partition coefficient (Wildman–Crippen LogP) is -2.12. The number of hydrogen-bond donors (Lipinski definition) is 0. The molecule has 1 heterocycles. The van der Waals surface area contributed by atoms with Crippen LogP contribution in [0.15, 0.2) is 18.2 Å². The van der Waals surface area contributed by atoms with Crippen molar-refractivity contribution < 1.29 is 33.2 Å². The average molecular weight is 226 g/mol. The first-order valence-corrected chi connectivity index (χ1v) is 5.06. The van der Waals surface area contributed by atoms with E-state index >= 15 is 0 Å². The number of rotatable bonds is 2. The molecule has 1 aromatic heterocycles. The summed E-state index contributed by atoms with van der Waals surface area (Å²) in [7, 11) is 0. The van der Waals surface area contributed by atoms with Crippen molar-refractivity contribution in [3.05, 3.63) is 29.8 Å². The first kappa shape index (κ1) is 12.2. The Morgan fingerprint density at radius 1 is 1.47 bits per heavy atom. The number of aromatic carboxylic acids is 1. The first-order valence-electron chi connectivity index (χ1n) is 5.06. The zero-order valence-corrected chi connectivity index (χ0v) is 9.31. The zero-order valence-electron chi connectivity index (χ0n) is 9.31. The van der Waals surface area contributed by atoms with E-state index < -0.39 is 11.8 Å². The molecule has 0 N–H and O–H groups in total. The van der Waals surface area contributed by atoms with Gasteiger partial charge in [0.2, 0.25) is 0 Å². The van der Waals surface area contributed by atoms with Crippen molar-refractivity contribution in [1.82, 2.24) is 9.55 Å². The summed E-state index contributed by atoms with van der Waals surface area (Å²) in [6.07, 6.45) is 1.72. The second-order valence-electron chi connectivity index (χ2n) is 3.93. The Kier molecular flexibility index (Phi) is 2.98. The maximum absolute atomic E-state index is 13.6. The Hall–Kier alpha value is -1.31. The molecule has 2 aromatic rings. The normalized spacial score (nSPS) is 14.6. The summed E-state index contributed by atoms with van der Waals surface area (Å²) < 4.78 is 15.1. The molecule has 4 nitrogen and oxygen atoms in total. The van der Waals surface area contributed by atoms with E-state index in [2.05, 4.69) is 4.98 Å². The number of carbonyl (C=O) groups is 1. The average Bonchev–Trinajstić information content (AvgIpc) is 2.99. The van der Waals surface area contributed by atoms with E-state index in [1.807, 2.05) is 0 Å². The van der Waals surface area contributed by atoms with Crippen molar-refractivity contribution in [3.63, 3.8) is 0 Å². The van der Waals surface area contributed by atoms with E-state index in [-0.39, 0.29) is 36.2 Å². The van der Waals surface area contributed by atoms with Gasteiger partial charge < -0.3 is 14.5 Å². The van der Waals surface area contributed by atoms with Gasteiger partial charge in [-0.25, -0.2) is 9.37 Å². The number of carboxylic acid groups (broad SMARTS) is 1. The number of nitrogens with zero attached hydrogens (tertiary/aromatic N) is 2. The van der Waals surface area contributed by atoms with Gasteiger partial charge in [-0.05, 0) is 25.0 Å². The molecule has 17 heavy (non-hydrogen) atoms. The van der Waals surface area contributed by atoms with Crippen LogP contribution in [0.4, 0.5) is 4.39 Å². The van der Waals surface area contributed by atoms with Crippen LogP contribution in [0.3, 0.4) is 0 Å². The monoisotopic (exact) mass is 226 g/mol. The van der Waals surface area contributed by atoms with Crippen LogP contribution >= 0.6 is 0 Å². The number of benzene rings is 1. The van der Waals surface area contributed by atoms with Crippen molar-refractivity contribution in [3.8, 4) is 0 Å². The molecule has 0 aliphatic heterocycles. The Morgan fingerprint density at radius 3 is 2.76 bits per heavy atom. The second-order valence-corrected chi connectivity index (χ2v) is 3.93. The van der Waals surface area contributed by atoms with E-state index in [9.17, 15) is 14.3 Å². The second kappa shape index (κ2) is 4.17. The third kappa shape index (κ3) is 1.86. The van der Waals surface area contributed by atoms with Crippen LogP contribution in [0.2, 0.25) is 0 Å². The van der Waals surface area contributed by atoms with E-state index in [0.717, 1.165) is 12.8 Å². The van der Waals surface area contributed by atoms with Crippen molar-refractivity contribution in [2.24, 2.45) is 0 Å². The molecule has 1 aromatic carbocycles. The zero-order chi connectivity index (χ0) is 11.3. The number of carbonyl (C=O) groups excluding carboxylic acids is 1. The van der Waals surface area contributed by atoms with Crippen LogP contribution in [0, 0.1) is 5.82 Å². The standard InChI is InChI=1S/C11H9FN2O2.Li/c12-7-2-1-3-8-9(7)14(6-4-5-6)10(13-8)11(15)16;/h1-3,6H,4-5H2,(H,15,16);/q;+1/p-1. The van der Waals surface area contributed by atoms with E-state index in [1.54, 1.807) is 6.07 Å². The summed E-state index contributed by atoms with van der Waals surface area (Å²) in [6, 6.07) is 4.47. The number of para-hydroxylation sites is 1. The van der Waals surface area contributed by atoms with E-state index in [4.69, 9.17) is 0 Å². The van der Waals surface area contributed by atoms with Gasteiger partial charge in [-0.15, -0.1) is 0 Å². The minimum atomic E-state index is -1.36. The van der Waals surface area contributed by atoms with E-state index in [1.165, 1.54) is 16.7 Å². The largest absolute Gasteiger partial charge is 1.00 e. The summed E-state index contributed by atoms with van der Waals surface area (Å²) in [5.41, 5.74) is 0.635. The van der Waals surface area contributed by atoms with Crippen LogP contribution in [0.25, 0.3) is 11.0 Å². The fraction of sp³-hybridized carbons (Fsp3) is 0.273. The number of hydrogen-bond acceptors (Lipinski definition) is 3. The van der Waals surface area contributed by atoms with Gasteiger partial charge in [-0.1, -0.05) is 6.07 Å². The molecule has 6 heteroatoms. The Labute approximate surface area is 109 Å². The fourth-order valence-electron chi connectivity index (χ4n) is 1.94. The molecule has 1 aliphatic carbocycles. The van der Waals surface area contributed by atoms with Gasteiger partial charge in [-0.3, -0.25) is 0 Å². The number of fused-ring (bicyclic) bond motifs is 1. The van der Waals surface area contributed by atoms with Gasteiger partial charge in [0.25, 0.3) is 0 Å². The van der Waals surface area contributed by atoms with Crippen molar-refractivity contribution in [2.75, 3.05) is 0 Å². The molecule has 3 rings (SSSR count). The molecule has 1 aliphatic rings. The smallest absolute Gasteiger partial charge is 0.542 e. The molecular formula is C11H8FLiN2O2. The molecule has 0 spiro atoms. The van der Waals surface area contributed by atoms with Gasteiger partial charge in [-0.2, -0.15) is 0 Å². The SMILES string of the molecule is O=C([O-])c1nc2cccc(F)c2n1C1CC1.[Li+]. The van der Waals surface area contributed by atoms with Crippen LogP contribution in [0.5, 0.6) is 0 Å². The molecule has 82 valence electrons. The van der Waals surface area contributed by atoms with Gasteiger partial charge in [0.1, 0.15) is 17.3 Å². The molecule has 0 radical (unpaired) electrons. The molecular weight excluding hydrogens is 218 g/mol. The van der Waals surface area contributed by atoms with Crippen LogP contribution in [-0.2, 0) is 0 Å². The summed E-state index contributed by atoms with van der Waals surface area (Å²) in [6.45, 7) is 0. The third-order valence-corrected chi connectivity index (χ3v) is 2.76. The fourth-order valence-corrected chi connectivity index (χ4v) is 1.94. The summed E-state index contributed by atoms with van der Waals surface area (Å²) in [5, 5.41) is 10.9. The molecule has 0 amide bonds. The number of aromatic nitrogens is 2. The first-order chi connectivity index (χ1) is 7.68. The van der Waals surface area contributed by atoms with Gasteiger partial charge in [0, 0.05) is 6.04 Å². The van der Waals surface area contributed by atoms with E-state index in [0.29, 0.717) is 5.52 Å². The van der Waals surface area contributed by atoms with Gasteiger partial charge >= 0.3 is 18.9 Å². The van der Waals surface area contributed by atoms with Crippen LogP contribution in [0.1, 0.15) is 29.5 Å². The summed E-state index contributed by atoms with van der Waals surface area (Å²) >= 11 is 0. The maximum Gasteiger partial charge on any atom is 1.00 e. The molecule has 0 atom stereocenters. The van der Waals surface area contributed by atoms with Crippen molar-refractivity contribution in [1.29, 1.82) is 0 Å². The topological polar surface area (TPSA) is 57.9 Å². The van der Waals surface area contributed by atoms with Crippen LogP contribution in [-0.4, -0.2) is 15.5 Å². The van der Waals surface area contributed by atoms with Gasteiger partial charge in [0.05, 0.1) is 5.52 Å². The quantitative estimate of drug-likeness (QED) is 0.550. The summed E-state index contributed by atoms with van der Waals surface area (Å²) in [5.74, 6) is -1.98. The number of imidazole rings is 1. The van der Waals surface area contributed by atoms with Crippen LogP contribution < -0.4 is 24.0 Å². The predicted molar refractivity (Wildman–Crippen MR) is 52.3 cm³/mol. The Balaban J connectivity index is 0.00000108. The molecule has 1 saturated carbocycles. The number of carboxylic acids is 1. The van der Waals surface area contributed by atoms with Crippen molar-refractivity contribution in [2.45, 2.75) is 18.9 Å². The molecule has 0 saturated heterocycles. The minimum absolute atomic E-state index is 0. The maximum atomic E-state index is 13.6. The Bertz CT molecular complexity index is 592. The number of halogens is 1. The van der Waals surface area contributed by atoms with Crippen molar-refractivity contribution >= 4 is 17.0 Å².